The highest BCUT2D eigenvalue weighted by atomic mass is 16.2. The van der Waals surface area contributed by atoms with Crippen LogP contribution in [0.3, 0.4) is 0 Å². The molecule has 0 radical (unpaired) electrons. The summed E-state index contributed by atoms with van der Waals surface area (Å²) in [7, 11) is 0. The Labute approximate surface area is 79.5 Å². The number of nitrogens with zero attached hydrogens (tertiary/aromatic N) is 1. The summed E-state index contributed by atoms with van der Waals surface area (Å²) in [6.07, 6.45) is 4.80. The van der Waals surface area contributed by atoms with Gasteiger partial charge in [-0.15, -0.1) is 0 Å². The van der Waals surface area contributed by atoms with Crippen LogP contribution in [-0.4, -0.2) is 30.1 Å². The van der Waals surface area contributed by atoms with Gasteiger partial charge >= 0.3 is 6.03 Å². The smallest absolute Gasteiger partial charge is 0.317 e. The van der Waals surface area contributed by atoms with E-state index in [1.54, 1.807) is 0 Å². The summed E-state index contributed by atoms with van der Waals surface area (Å²) >= 11 is 0. The Balaban J connectivity index is 1.76. The zero-order chi connectivity index (χ0) is 9.26. The summed E-state index contributed by atoms with van der Waals surface area (Å²) in [6, 6.07) is 0.637. The molecule has 0 spiro atoms. The molecule has 1 N–H and O–H groups in total. The van der Waals surface area contributed by atoms with Crippen LogP contribution in [0.15, 0.2) is 0 Å². The summed E-state index contributed by atoms with van der Waals surface area (Å²) in [5.41, 5.74) is 0. The van der Waals surface area contributed by atoms with Crippen LogP contribution in [-0.2, 0) is 0 Å². The van der Waals surface area contributed by atoms with Crippen LogP contribution in [0.5, 0.6) is 0 Å². The van der Waals surface area contributed by atoms with Crippen LogP contribution >= 0.6 is 0 Å². The van der Waals surface area contributed by atoms with Crippen molar-refractivity contribution in [3.63, 3.8) is 0 Å². The maximum Gasteiger partial charge on any atom is 0.317 e. The van der Waals surface area contributed by atoms with Crippen molar-refractivity contribution in [2.24, 2.45) is 5.92 Å². The molecule has 0 aromatic heterocycles. The van der Waals surface area contributed by atoms with Crippen molar-refractivity contribution < 1.29 is 4.79 Å². The molecule has 0 bridgehead atoms. The van der Waals surface area contributed by atoms with Crippen LogP contribution in [0, 0.1) is 5.92 Å². The highest BCUT2D eigenvalue weighted by Crippen LogP contribution is 2.20. The zero-order valence-electron chi connectivity index (χ0n) is 8.25. The van der Waals surface area contributed by atoms with Crippen molar-refractivity contribution in [2.45, 2.75) is 38.6 Å². The van der Waals surface area contributed by atoms with Gasteiger partial charge in [-0.25, -0.2) is 4.79 Å². The zero-order valence-corrected chi connectivity index (χ0v) is 8.25. The summed E-state index contributed by atoms with van der Waals surface area (Å²) in [4.78, 5) is 13.6. The second kappa shape index (κ2) is 3.56. The quantitative estimate of drug-likeness (QED) is 0.656. The minimum Gasteiger partial charge on any atom is -0.335 e. The number of urea groups is 1. The molecule has 74 valence electrons. The maximum absolute atomic E-state index is 11.6. The van der Waals surface area contributed by atoms with Gasteiger partial charge in [-0.05, 0) is 31.6 Å². The second-order valence-electron chi connectivity index (χ2n) is 4.42. The number of likely N-dealkylation sites (tertiary alicyclic amines) is 1. The third-order valence-corrected chi connectivity index (χ3v) is 3.14. The van der Waals surface area contributed by atoms with Crippen LogP contribution in [0.2, 0.25) is 0 Å². The molecule has 1 heterocycles. The first-order valence-corrected chi connectivity index (χ1v) is 5.31. The first-order valence-electron chi connectivity index (χ1n) is 5.31. The van der Waals surface area contributed by atoms with E-state index >= 15 is 0 Å². The first kappa shape index (κ1) is 8.85. The van der Waals surface area contributed by atoms with Crippen molar-refractivity contribution in [3.05, 3.63) is 0 Å². The average molecular weight is 182 g/mol. The molecule has 1 saturated carbocycles. The minimum atomic E-state index is 0.161. The Morgan fingerprint density at radius 1 is 1.38 bits per heavy atom. The Hall–Kier alpha value is -0.730. The second-order valence-corrected chi connectivity index (χ2v) is 4.42. The number of hydrogen-bond donors (Lipinski definition) is 1. The molecule has 3 heteroatoms. The molecule has 3 nitrogen and oxygen atoms in total. The van der Waals surface area contributed by atoms with E-state index in [4.69, 9.17) is 0 Å². The first-order chi connectivity index (χ1) is 6.25. The topological polar surface area (TPSA) is 32.3 Å². The molecule has 0 aromatic carbocycles. The van der Waals surface area contributed by atoms with E-state index in [1.165, 1.54) is 19.3 Å². The Bertz CT molecular complexity index is 201. The van der Waals surface area contributed by atoms with Gasteiger partial charge in [0.2, 0.25) is 0 Å². The van der Waals surface area contributed by atoms with Crippen molar-refractivity contribution in [3.8, 4) is 0 Å². The molecule has 2 fully saturated rings. The lowest BCUT2D eigenvalue weighted by Gasteiger charge is -2.28. The minimum absolute atomic E-state index is 0.161. The Morgan fingerprint density at radius 3 is 2.62 bits per heavy atom. The average Bonchev–Trinajstić information content (AvgIpc) is 2.44. The van der Waals surface area contributed by atoms with Gasteiger partial charge in [0.05, 0.1) is 0 Å². The molecule has 1 aliphatic heterocycles. The highest BCUT2D eigenvalue weighted by molar-refractivity contribution is 5.74. The number of amides is 2. The van der Waals surface area contributed by atoms with Crippen molar-refractivity contribution in [1.29, 1.82) is 0 Å². The summed E-state index contributed by atoms with van der Waals surface area (Å²) in [6.45, 7) is 4.09. The summed E-state index contributed by atoms with van der Waals surface area (Å²) in [5.74, 6) is 0.687. The number of nitrogens with one attached hydrogen (secondary N) is 1. The van der Waals surface area contributed by atoms with Gasteiger partial charge in [0.1, 0.15) is 0 Å². The molecule has 2 amide bonds. The van der Waals surface area contributed by atoms with Gasteiger partial charge in [-0.3, -0.25) is 0 Å². The maximum atomic E-state index is 11.6. The third-order valence-electron chi connectivity index (χ3n) is 3.14. The lowest BCUT2D eigenvalue weighted by Crippen LogP contribution is -2.46. The van der Waals surface area contributed by atoms with Gasteiger partial charge in [0, 0.05) is 19.1 Å². The fourth-order valence-electron chi connectivity index (χ4n) is 1.94. The Morgan fingerprint density at radius 2 is 2.15 bits per heavy atom. The molecular formula is C10H18N2O. The molecule has 1 atom stereocenters. The van der Waals surface area contributed by atoms with E-state index in [1.807, 2.05) is 4.90 Å². The molecule has 2 rings (SSSR count). The lowest BCUT2D eigenvalue weighted by atomic mass is 9.93. The molecule has 13 heavy (non-hydrogen) atoms. The van der Waals surface area contributed by atoms with E-state index in [9.17, 15) is 4.79 Å². The van der Waals surface area contributed by atoms with Crippen LogP contribution < -0.4 is 5.32 Å². The molecule has 2 aliphatic rings. The van der Waals surface area contributed by atoms with E-state index in [0.717, 1.165) is 19.5 Å². The number of carbonyl (C=O) groups excluding carboxylic acids is 1. The van der Waals surface area contributed by atoms with Gasteiger partial charge in [0.15, 0.2) is 0 Å². The van der Waals surface area contributed by atoms with Gasteiger partial charge < -0.3 is 10.2 Å². The summed E-state index contributed by atoms with van der Waals surface area (Å²) < 4.78 is 0. The molecule has 1 unspecified atom stereocenters. The van der Waals surface area contributed by atoms with Crippen LogP contribution in [0.25, 0.3) is 0 Å². The molecule has 1 saturated heterocycles. The lowest BCUT2D eigenvalue weighted by molar-refractivity contribution is 0.195. The molecular weight excluding hydrogens is 164 g/mol. The predicted molar refractivity (Wildman–Crippen MR) is 51.5 cm³/mol. The fourth-order valence-corrected chi connectivity index (χ4v) is 1.94. The third kappa shape index (κ3) is 1.95. The highest BCUT2D eigenvalue weighted by Gasteiger charge is 2.26. The Kier molecular flexibility index (Phi) is 2.42. The van der Waals surface area contributed by atoms with E-state index < -0.39 is 0 Å². The van der Waals surface area contributed by atoms with Gasteiger partial charge in [0.25, 0.3) is 0 Å². The van der Waals surface area contributed by atoms with E-state index in [-0.39, 0.29) is 6.03 Å². The molecule has 0 aromatic rings. The fraction of sp³-hybridized carbons (Fsp3) is 0.900. The van der Waals surface area contributed by atoms with Crippen LogP contribution in [0.4, 0.5) is 4.79 Å². The van der Waals surface area contributed by atoms with Crippen molar-refractivity contribution in [1.82, 2.24) is 10.2 Å². The van der Waals surface area contributed by atoms with E-state index in [2.05, 4.69) is 12.2 Å². The predicted octanol–water partition coefficient (Wildman–Crippen LogP) is 1.59. The van der Waals surface area contributed by atoms with Crippen molar-refractivity contribution >= 4 is 6.03 Å². The summed E-state index contributed by atoms with van der Waals surface area (Å²) in [5, 5.41) is 3.07. The molecule has 1 aliphatic carbocycles. The standard InChI is InChI=1S/C10H18N2O/c1-8-5-6-12(7-8)10(13)11-9-3-2-4-9/h8-9H,2-7H2,1H3,(H,11,13). The largest absolute Gasteiger partial charge is 0.335 e. The van der Waals surface area contributed by atoms with Gasteiger partial charge in [-0.1, -0.05) is 6.92 Å². The van der Waals surface area contributed by atoms with E-state index in [0.29, 0.717) is 12.0 Å². The SMILES string of the molecule is CC1CCN(C(=O)NC2CCC2)C1. The monoisotopic (exact) mass is 182 g/mol. The van der Waals surface area contributed by atoms with Crippen LogP contribution in [0.1, 0.15) is 32.6 Å². The van der Waals surface area contributed by atoms with Crippen molar-refractivity contribution in [2.75, 3.05) is 13.1 Å². The number of rotatable bonds is 1. The van der Waals surface area contributed by atoms with Gasteiger partial charge in [-0.2, -0.15) is 0 Å². The number of hydrogen-bond acceptors (Lipinski definition) is 1. The number of carbonyl (C=O) groups is 1. The normalized spacial score (nSPS) is 28.7.